The summed E-state index contributed by atoms with van der Waals surface area (Å²) in [4.78, 5) is 13.1. The molecular weight excluding hydrogens is 444 g/mol. The lowest BCUT2D eigenvalue weighted by atomic mass is 10.1. The van der Waals surface area contributed by atoms with Crippen LogP contribution in [0.1, 0.15) is 30.0 Å². The van der Waals surface area contributed by atoms with Crippen LogP contribution < -0.4 is 5.32 Å². The minimum Gasteiger partial charge on any atom is -0.352 e. The zero-order valence-electron chi connectivity index (χ0n) is 19.6. The van der Waals surface area contributed by atoms with Gasteiger partial charge in [0, 0.05) is 23.1 Å². The van der Waals surface area contributed by atoms with Gasteiger partial charge in [-0.05, 0) is 49.4 Å². The van der Waals surface area contributed by atoms with E-state index in [0.717, 1.165) is 29.5 Å². The number of sulfone groups is 1. The third kappa shape index (κ3) is 5.57. The highest BCUT2D eigenvalue weighted by molar-refractivity contribution is 7.90. The van der Waals surface area contributed by atoms with E-state index in [4.69, 9.17) is 0 Å². The molecule has 1 amide bonds. The molecular formula is C28H30N2O3S. The Bertz CT molecular complexity index is 1390. The minimum absolute atomic E-state index is 0.0128. The molecule has 0 bridgehead atoms. The van der Waals surface area contributed by atoms with Crippen LogP contribution in [0.4, 0.5) is 0 Å². The SMILES string of the molecule is Cc1ccccc1CS(=O)(=O)c1cn(CC(=O)NC(C)CCc2ccccc2)c2ccccc12. The van der Waals surface area contributed by atoms with Crippen molar-refractivity contribution in [3.63, 3.8) is 0 Å². The van der Waals surface area contributed by atoms with E-state index in [1.54, 1.807) is 16.8 Å². The van der Waals surface area contributed by atoms with Crippen LogP contribution in [0, 0.1) is 6.92 Å². The van der Waals surface area contributed by atoms with Crippen LogP contribution in [0.3, 0.4) is 0 Å². The Morgan fingerprint density at radius 3 is 2.38 bits per heavy atom. The van der Waals surface area contributed by atoms with Gasteiger partial charge in [0.05, 0.1) is 10.6 Å². The van der Waals surface area contributed by atoms with Crippen molar-refractivity contribution in [3.8, 4) is 0 Å². The van der Waals surface area contributed by atoms with Crippen molar-refractivity contribution in [3.05, 3.63) is 102 Å². The summed E-state index contributed by atoms with van der Waals surface area (Å²) in [6, 6.07) is 25.0. The van der Waals surface area contributed by atoms with Gasteiger partial charge in [0.15, 0.2) is 9.84 Å². The molecule has 0 radical (unpaired) electrons. The molecule has 0 spiro atoms. The topological polar surface area (TPSA) is 68.2 Å². The van der Waals surface area contributed by atoms with Crippen molar-refractivity contribution in [2.45, 2.75) is 49.9 Å². The summed E-state index contributed by atoms with van der Waals surface area (Å²) < 4.78 is 28.4. The van der Waals surface area contributed by atoms with Gasteiger partial charge in [0.2, 0.25) is 5.91 Å². The van der Waals surface area contributed by atoms with Crippen LogP contribution in [0.2, 0.25) is 0 Å². The lowest BCUT2D eigenvalue weighted by Gasteiger charge is -2.14. The maximum Gasteiger partial charge on any atom is 0.240 e. The first kappa shape index (κ1) is 23.8. The number of aryl methyl sites for hydroxylation is 2. The standard InChI is InChI=1S/C28H30N2O3S/c1-21-10-6-7-13-24(21)20-34(32,33)27-18-30(26-15-9-8-14-25(26)27)19-28(31)29-22(2)16-17-23-11-4-3-5-12-23/h3-15,18,22H,16-17,19-20H2,1-2H3,(H,29,31). The number of amides is 1. The maximum atomic E-state index is 13.4. The summed E-state index contributed by atoms with van der Waals surface area (Å²) >= 11 is 0. The average molecular weight is 475 g/mol. The number of hydrogen-bond donors (Lipinski definition) is 1. The molecule has 4 rings (SSSR count). The second-order valence-electron chi connectivity index (χ2n) is 8.82. The lowest BCUT2D eigenvalue weighted by molar-refractivity contribution is -0.122. The van der Waals surface area contributed by atoms with Crippen LogP contribution in [-0.4, -0.2) is 24.9 Å². The van der Waals surface area contributed by atoms with Gasteiger partial charge in [0.1, 0.15) is 6.54 Å². The number of fused-ring (bicyclic) bond motifs is 1. The maximum absolute atomic E-state index is 13.4. The number of nitrogens with one attached hydrogen (secondary N) is 1. The number of carbonyl (C=O) groups is 1. The Balaban J connectivity index is 1.50. The predicted octanol–water partition coefficient (Wildman–Crippen LogP) is 5.06. The molecule has 34 heavy (non-hydrogen) atoms. The molecule has 1 unspecified atom stereocenters. The number of carbonyl (C=O) groups excluding carboxylic acids is 1. The highest BCUT2D eigenvalue weighted by atomic mass is 32.2. The van der Waals surface area contributed by atoms with E-state index in [9.17, 15) is 13.2 Å². The number of aromatic nitrogens is 1. The summed E-state index contributed by atoms with van der Waals surface area (Å²) in [7, 11) is -3.59. The quantitative estimate of drug-likeness (QED) is 0.369. The van der Waals surface area contributed by atoms with Gasteiger partial charge in [-0.25, -0.2) is 8.42 Å². The van der Waals surface area contributed by atoms with Crippen molar-refractivity contribution in [1.82, 2.24) is 9.88 Å². The second-order valence-corrected chi connectivity index (χ2v) is 10.8. The summed E-state index contributed by atoms with van der Waals surface area (Å²) in [6.45, 7) is 3.97. The molecule has 0 saturated heterocycles. The Kier molecular flexibility index (Phi) is 7.17. The summed E-state index contributed by atoms with van der Waals surface area (Å²) in [6.07, 6.45) is 3.32. The number of nitrogens with zero attached hydrogens (tertiary/aromatic N) is 1. The molecule has 0 fully saturated rings. The lowest BCUT2D eigenvalue weighted by Crippen LogP contribution is -2.35. The van der Waals surface area contributed by atoms with E-state index in [1.807, 2.05) is 74.5 Å². The van der Waals surface area contributed by atoms with E-state index in [-0.39, 0.29) is 29.1 Å². The van der Waals surface area contributed by atoms with Crippen molar-refractivity contribution < 1.29 is 13.2 Å². The molecule has 3 aromatic carbocycles. The van der Waals surface area contributed by atoms with Gasteiger partial charge in [0.25, 0.3) is 0 Å². The third-order valence-corrected chi connectivity index (χ3v) is 7.81. The van der Waals surface area contributed by atoms with Crippen molar-refractivity contribution >= 4 is 26.6 Å². The first-order valence-corrected chi connectivity index (χ1v) is 13.2. The smallest absolute Gasteiger partial charge is 0.240 e. The first-order valence-electron chi connectivity index (χ1n) is 11.5. The van der Waals surface area contributed by atoms with Crippen LogP contribution in [0.25, 0.3) is 10.9 Å². The highest BCUT2D eigenvalue weighted by Crippen LogP contribution is 2.28. The van der Waals surface area contributed by atoms with Gasteiger partial charge in [-0.3, -0.25) is 4.79 Å². The highest BCUT2D eigenvalue weighted by Gasteiger charge is 2.23. The molecule has 1 heterocycles. The molecule has 1 N–H and O–H groups in total. The summed E-state index contributed by atoms with van der Waals surface area (Å²) in [5.41, 5.74) is 3.70. The second kappa shape index (κ2) is 10.3. The first-order chi connectivity index (χ1) is 16.3. The van der Waals surface area contributed by atoms with Gasteiger partial charge in [-0.1, -0.05) is 72.8 Å². The van der Waals surface area contributed by atoms with Crippen molar-refractivity contribution in [2.24, 2.45) is 0 Å². The molecule has 0 aliphatic rings. The van der Waals surface area contributed by atoms with E-state index in [1.165, 1.54) is 5.56 Å². The predicted molar refractivity (Wildman–Crippen MR) is 136 cm³/mol. The molecule has 176 valence electrons. The third-order valence-electron chi connectivity index (χ3n) is 6.12. The van der Waals surface area contributed by atoms with Gasteiger partial charge in [-0.2, -0.15) is 0 Å². The zero-order valence-corrected chi connectivity index (χ0v) is 20.4. The normalized spacial score (nSPS) is 12.5. The molecule has 0 aliphatic heterocycles. The monoisotopic (exact) mass is 474 g/mol. The van der Waals surface area contributed by atoms with Gasteiger partial charge >= 0.3 is 0 Å². The van der Waals surface area contributed by atoms with Gasteiger partial charge < -0.3 is 9.88 Å². The fourth-order valence-electron chi connectivity index (χ4n) is 4.22. The zero-order chi connectivity index (χ0) is 24.1. The molecule has 0 saturated carbocycles. The summed E-state index contributed by atoms with van der Waals surface area (Å²) in [5, 5.41) is 3.69. The Hall–Kier alpha value is -3.38. The largest absolute Gasteiger partial charge is 0.352 e. The minimum atomic E-state index is -3.59. The van der Waals surface area contributed by atoms with Crippen LogP contribution in [-0.2, 0) is 33.4 Å². The Labute approximate surface area is 201 Å². The van der Waals surface area contributed by atoms with E-state index in [0.29, 0.717) is 5.39 Å². The molecule has 0 aliphatic carbocycles. The average Bonchev–Trinajstić information content (AvgIpc) is 3.19. The molecule has 1 aromatic heterocycles. The number of para-hydroxylation sites is 1. The van der Waals surface area contributed by atoms with Crippen LogP contribution in [0.5, 0.6) is 0 Å². The van der Waals surface area contributed by atoms with E-state index >= 15 is 0 Å². The Morgan fingerprint density at radius 1 is 0.941 bits per heavy atom. The van der Waals surface area contributed by atoms with Crippen molar-refractivity contribution in [1.29, 1.82) is 0 Å². The van der Waals surface area contributed by atoms with Crippen LogP contribution in [0.15, 0.2) is 90.0 Å². The van der Waals surface area contributed by atoms with E-state index in [2.05, 4.69) is 17.4 Å². The molecule has 4 aromatic rings. The van der Waals surface area contributed by atoms with Crippen LogP contribution >= 0.6 is 0 Å². The van der Waals surface area contributed by atoms with E-state index < -0.39 is 9.84 Å². The molecule has 6 heteroatoms. The number of benzene rings is 3. The van der Waals surface area contributed by atoms with Crippen molar-refractivity contribution in [2.75, 3.05) is 0 Å². The Morgan fingerprint density at radius 2 is 1.62 bits per heavy atom. The molecule has 5 nitrogen and oxygen atoms in total. The van der Waals surface area contributed by atoms with Gasteiger partial charge in [-0.15, -0.1) is 0 Å². The number of rotatable bonds is 9. The summed E-state index contributed by atoms with van der Waals surface area (Å²) in [5.74, 6) is -0.208. The molecule has 1 atom stereocenters. The number of hydrogen-bond acceptors (Lipinski definition) is 3. The fraction of sp³-hybridized carbons (Fsp3) is 0.250. The fourth-order valence-corrected chi connectivity index (χ4v) is 5.91.